The highest BCUT2D eigenvalue weighted by atomic mass is 16.5. The molecule has 0 spiro atoms. The first kappa shape index (κ1) is 21.8. The molecule has 1 heterocycles. The van der Waals surface area contributed by atoms with Crippen LogP contribution >= 0.6 is 0 Å². The van der Waals surface area contributed by atoms with E-state index in [-0.39, 0.29) is 24.2 Å². The van der Waals surface area contributed by atoms with Crippen molar-refractivity contribution in [2.24, 2.45) is 0 Å². The van der Waals surface area contributed by atoms with E-state index in [4.69, 9.17) is 4.52 Å². The Hall–Kier alpha value is -3.94. The third kappa shape index (κ3) is 6.02. The molecule has 3 rings (SSSR count). The van der Waals surface area contributed by atoms with Gasteiger partial charge in [-0.15, -0.1) is 0 Å². The van der Waals surface area contributed by atoms with Crippen LogP contribution in [0.15, 0.2) is 65.2 Å². The van der Waals surface area contributed by atoms with E-state index in [2.05, 4.69) is 21.1 Å². The molecule has 3 aromatic rings. The molecular formula is C23H24N4O4. The predicted octanol–water partition coefficient (Wildman–Crippen LogP) is 3.24. The summed E-state index contributed by atoms with van der Waals surface area (Å²) in [5, 5.41) is 11.8. The van der Waals surface area contributed by atoms with Crippen LogP contribution in [-0.2, 0) is 4.79 Å². The molecule has 0 saturated carbocycles. The SMILES string of the molecule is CCC(C)NC(=O)c1ccc(NC(=O)CNC(=O)c2cc(-c3ccccc3)on2)cc1. The van der Waals surface area contributed by atoms with E-state index < -0.39 is 11.8 Å². The van der Waals surface area contributed by atoms with Crippen molar-refractivity contribution in [1.29, 1.82) is 0 Å². The third-order valence-corrected chi connectivity index (χ3v) is 4.63. The highest BCUT2D eigenvalue weighted by molar-refractivity contribution is 5.99. The maximum absolute atomic E-state index is 12.2. The topological polar surface area (TPSA) is 113 Å². The number of hydrogen-bond donors (Lipinski definition) is 3. The molecular weight excluding hydrogens is 396 g/mol. The van der Waals surface area contributed by atoms with E-state index in [1.165, 1.54) is 6.07 Å². The lowest BCUT2D eigenvalue weighted by atomic mass is 10.1. The molecule has 31 heavy (non-hydrogen) atoms. The summed E-state index contributed by atoms with van der Waals surface area (Å²) >= 11 is 0. The van der Waals surface area contributed by atoms with Gasteiger partial charge in [-0.3, -0.25) is 14.4 Å². The van der Waals surface area contributed by atoms with E-state index in [0.29, 0.717) is 17.0 Å². The normalized spacial score (nSPS) is 11.4. The van der Waals surface area contributed by atoms with Crippen LogP contribution in [0.3, 0.4) is 0 Å². The number of amides is 3. The second kappa shape index (κ2) is 10.2. The minimum absolute atomic E-state index is 0.0864. The first-order chi connectivity index (χ1) is 15.0. The number of rotatable bonds is 8. The Morgan fingerprint density at radius 3 is 2.39 bits per heavy atom. The maximum atomic E-state index is 12.2. The van der Waals surface area contributed by atoms with Crippen molar-refractivity contribution >= 4 is 23.4 Å². The van der Waals surface area contributed by atoms with Crippen molar-refractivity contribution in [2.75, 3.05) is 11.9 Å². The third-order valence-electron chi connectivity index (χ3n) is 4.63. The molecule has 1 atom stereocenters. The Morgan fingerprint density at radius 1 is 1.00 bits per heavy atom. The predicted molar refractivity (Wildman–Crippen MR) is 117 cm³/mol. The Kier molecular flexibility index (Phi) is 7.16. The van der Waals surface area contributed by atoms with Crippen LogP contribution in [0.4, 0.5) is 5.69 Å². The second-order valence-electron chi connectivity index (χ2n) is 7.03. The smallest absolute Gasteiger partial charge is 0.273 e. The Balaban J connectivity index is 1.49. The van der Waals surface area contributed by atoms with Gasteiger partial charge in [-0.25, -0.2) is 0 Å². The van der Waals surface area contributed by atoms with Crippen LogP contribution in [-0.4, -0.2) is 35.5 Å². The number of nitrogens with zero attached hydrogens (tertiary/aromatic N) is 1. The summed E-state index contributed by atoms with van der Waals surface area (Å²) in [5.74, 6) is -0.621. The molecule has 8 heteroatoms. The van der Waals surface area contributed by atoms with Gasteiger partial charge >= 0.3 is 0 Å². The standard InChI is InChI=1S/C23H24N4O4/c1-3-15(2)25-22(29)17-9-11-18(12-10-17)26-21(28)14-24-23(30)19-13-20(31-27-19)16-7-5-4-6-8-16/h4-13,15H,3,14H2,1-2H3,(H,24,30)(H,25,29)(H,26,28). The van der Waals surface area contributed by atoms with Gasteiger partial charge < -0.3 is 20.5 Å². The fraction of sp³-hybridized carbons (Fsp3) is 0.217. The molecule has 1 unspecified atom stereocenters. The van der Waals surface area contributed by atoms with Gasteiger partial charge in [-0.1, -0.05) is 42.4 Å². The van der Waals surface area contributed by atoms with Gasteiger partial charge in [0.15, 0.2) is 11.5 Å². The summed E-state index contributed by atoms with van der Waals surface area (Å²) in [4.78, 5) is 36.4. The zero-order valence-corrected chi connectivity index (χ0v) is 17.3. The number of benzene rings is 2. The second-order valence-corrected chi connectivity index (χ2v) is 7.03. The lowest BCUT2D eigenvalue weighted by Gasteiger charge is -2.12. The minimum Gasteiger partial charge on any atom is -0.355 e. The summed E-state index contributed by atoms with van der Waals surface area (Å²) < 4.78 is 5.19. The highest BCUT2D eigenvalue weighted by Crippen LogP contribution is 2.19. The largest absolute Gasteiger partial charge is 0.355 e. The van der Waals surface area contributed by atoms with Gasteiger partial charge in [0.1, 0.15) is 0 Å². The molecule has 0 aliphatic carbocycles. The first-order valence-electron chi connectivity index (χ1n) is 9.97. The van der Waals surface area contributed by atoms with E-state index in [1.807, 2.05) is 44.2 Å². The van der Waals surface area contributed by atoms with E-state index >= 15 is 0 Å². The summed E-state index contributed by atoms with van der Waals surface area (Å²) in [6.45, 7) is 3.69. The average molecular weight is 420 g/mol. The molecule has 3 amide bonds. The molecule has 1 aromatic heterocycles. The number of aromatic nitrogens is 1. The van der Waals surface area contributed by atoms with Gasteiger partial charge in [-0.2, -0.15) is 0 Å². The zero-order chi connectivity index (χ0) is 22.2. The lowest BCUT2D eigenvalue weighted by Crippen LogP contribution is -2.33. The first-order valence-corrected chi connectivity index (χ1v) is 9.97. The average Bonchev–Trinajstić information content (AvgIpc) is 3.29. The molecule has 3 N–H and O–H groups in total. The molecule has 0 radical (unpaired) electrons. The molecule has 0 fully saturated rings. The van der Waals surface area contributed by atoms with E-state index in [9.17, 15) is 14.4 Å². The van der Waals surface area contributed by atoms with Gasteiger partial charge in [0.2, 0.25) is 5.91 Å². The summed E-state index contributed by atoms with van der Waals surface area (Å²) in [5.41, 5.74) is 1.91. The summed E-state index contributed by atoms with van der Waals surface area (Å²) in [7, 11) is 0. The van der Waals surface area contributed by atoms with Crippen LogP contribution in [0.5, 0.6) is 0 Å². The number of hydrogen-bond acceptors (Lipinski definition) is 5. The number of carbonyl (C=O) groups is 3. The summed E-state index contributed by atoms with van der Waals surface area (Å²) in [6.07, 6.45) is 0.841. The maximum Gasteiger partial charge on any atom is 0.273 e. The molecule has 0 aliphatic heterocycles. The van der Waals surface area contributed by atoms with Crippen molar-refractivity contribution in [3.05, 3.63) is 71.9 Å². The van der Waals surface area contributed by atoms with Gasteiger partial charge in [0.05, 0.1) is 6.54 Å². The van der Waals surface area contributed by atoms with E-state index in [0.717, 1.165) is 12.0 Å². The van der Waals surface area contributed by atoms with Crippen molar-refractivity contribution in [3.63, 3.8) is 0 Å². The number of nitrogens with one attached hydrogen (secondary N) is 3. The Labute approximate surface area is 180 Å². The lowest BCUT2D eigenvalue weighted by molar-refractivity contribution is -0.115. The Morgan fingerprint density at radius 2 is 1.71 bits per heavy atom. The van der Waals surface area contributed by atoms with Crippen molar-refractivity contribution in [3.8, 4) is 11.3 Å². The number of carbonyl (C=O) groups excluding carboxylic acids is 3. The number of anilines is 1. The Bertz CT molecular complexity index is 1040. The monoisotopic (exact) mass is 420 g/mol. The molecule has 2 aromatic carbocycles. The van der Waals surface area contributed by atoms with Crippen LogP contribution in [0.1, 0.15) is 41.1 Å². The van der Waals surface area contributed by atoms with Crippen LogP contribution in [0, 0.1) is 0 Å². The quantitative estimate of drug-likeness (QED) is 0.518. The van der Waals surface area contributed by atoms with Crippen LogP contribution in [0.2, 0.25) is 0 Å². The zero-order valence-electron chi connectivity index (χ0n) is 17.3. The molecule has 0 bridgehead atoms. The highest BCUT2D eigenvalue weighted by Gasteiger charge is 2.15. The molecule has 0 aliphatic rings. The van der Waals surface area contributed by atoms with Crippen molar-refractivity contribution in [2.45, 2.75) is 26.3 Å². The van der Waals surface area contributed by atoms with Crippen LogP contribution in [0.25, 0.3) is 11.3 Å². The van der Waals surface area contributed by atoms with Crippen molar-refractivity contribution < 1.29 is 18.9 Å². The van der Waals surface area contributed by atoms with E-state index in [1.54, 1.807) is 24.3 Å². The molecule has 160 valence electrons. The van der Waals surface area contributed by atoms with Gasteiger partial charge in [0.25, 0.3) is 11.8 Å². The van der Waals surface area contributed by atoms with Gasteiger partial charge in [-0.05, 0) is 37.6 Å². The molecule has 8 nitrogen and oxygen atoms in total. The minimum atomic E-state index is -0.516. The fourth-order valence-electron chi connectivity index (χ4n) is 2.69. The summed E-state index contributed by atoms with van der Waals surface area (Å²) in [6, 6.07) is 17.4. The van der Waals surface area contributed by atoms with Gasteiger partial charge in [0, 0.05) is 28.9 Å². The fourth-order valence-corrected chi connectivity index (χ4v) is 2.69. The molecule has 0 saturated heterocycles. The van der Waals surface area contributed by atoms with Crippen LogP contribution < -0.4 is 16.0 Å². The van der Waals surface area contributed by atoms with Crippen molar-refractivity contribution in [1.82, 2.24) is 15.8 Å².